The van der Waals surface area contributed by atoms with Gasteiger partial charge < -0.3 is 14.6 Å². The minimum absolute atomic E-state index is 0.0999. The van der Waals surface area contributed by atoms with Crippen LogP contribution in [0.3, 0.4) is 0 Å². The molecular formula is C14H19FO4. The summed E-state index contributed by atoms with van der Waals surface area (Å²) in [4.78, 5) is 10.8. The number of ether oxygens (including phenoxy) is 2. The third kappa shape index (κ3) is 4.12. The maximum absolute atomic E-state index is 13.9. The van der Waals surface area contributed by atoms with Crippen molar-refractivity contribution in [2.45, 2.75) is 33.3 Å². The summed E-state index contributed by atoms with van der Waals surface area (Å²) in [5.41, 5.74) is 0.308. The van der Waals surface area contributed by atoms with Crippen LogP contribution in [0.2, 0.25) is 0 Å². The van der Waals surface area contributed by atoms with E-state index in [9.17, 15) is 9.18 Å². The summed E-state index contributed by atoms with van der Waals surface area (Å²) in [5.74, 6) is -1.37. The molecule has 1 aromatic rings. The Hall–Kier alpha value is -1.78. The summed E-state index contributed by atoms with van der Waals surface area (Å²) < 4.78 is 24.5. The zero-order valence-electron chi connectivity index (χ0n) is 11.6. The molecular weight excluding hydrogens is 251 g/mol. The number of hydrogen-bond acceptors (Lipinski definition) is 3. The minimum Gasteiger partial charge on any atom is -0.493 e. The van der Waals surface area contributed by atoms with Crippen molar-refractivity contribution in [1.82, 2.24) is 0 Å². The molecule has 4 nitrogen and oxygen atoms in total. The summed E-state index contributed by atoms with van der Waals surface area (Å²) in [6.07, 6.45) is 0.0107. The van der Waals surface area contributed by atoms with Gasteiger partial charge in [-0.2, -0.15) is 0 Å². The van der Waals surface area contributed by atoms with Gasteiger partial charge in [0, 0.05) is 6.07 Å². The summed E-state index contributed by atoms with van der Waals surface area (Å²) in [6, 6.07) is 2.73. The molecule has 0 spiro atoms. The van der Waals surface area contributed by atoms with Crippen molar-refractivity contribution in [3.63, 3.8) is 0 Å². The van der Waals surface area contributed by atoms with E-state index in [-0.39, 0.29) is 12.5 Å². The Kier molecular flexibility index (Phi) is 5.15. The number of hydrogen-bond donors (Lipinski definition) is 1. The van der Waals surface area contributed by atoms with Crippen molar-refractivity contribution in [2.24, 2.45) is 5.92 Å². The number of benzene rings is 1. The van der Waals surface area contributed by atoms with Crippen LogP contribution in [0.4, 0.5) is 4.39 Å². The van der Waals surface area contributed by atoms with Crippen LogP contribution in [0.25, 0.3) is 0 Å². The second-order valence-electron chi connectivity index (χ2n) is 4.70. The lowest BCUT2D eigenvalue weighted by molar-refractivity contribution is -0.141. The zero-order chi connectivity index (χ0) is 14.6. The Morgan fingerprint density at radius 1 is 1.32 bits per heavy atom. The Bertz CT molecular complexity index is 457. The Morgan fingerprint density at radius 2 is 1.95 bits per heavy atom. The average Bonchev–Trinajstić information content (AvgIpc) is 2.31. The quantitative estimate of drug-likeness (QED) is 0.863. The molecule has 0 saturated carbocycles. The first-order valence-corrected chi connectivity index (χ1v) is 6.11. The lowest BCUT2D eigenvalue weighted by Crippen LogP contribution is -2.14. The number of aliphatic carboxylic acids is 1. The van der Waals surface area contributed by atoms with Crippen LogP contribution in [0.15, 0.2) is 12.1 Å². The van der Waals surface area contributed by atoms with Gasteiger partial charge in [-0.15, -0.1) is 0 Å². The number of halogens is 1. The fraction of sp³-hybridized carbons (Fsp3) is 0.500. The SMILES string of the molecule is COc1cc(CC(C)C(=O)O)c(F)cc1OC(C)C. The molecule has 0 bridgehead atoms. The number of methoxy groups -OCH3 is 1. The van der Waals surface area contributed by atoms with Crippen LogP contribution in [0.5, 0.6) is 11.5 Å². The lowest BCUT2D eigenvalue weighted by atomic mass is 10.0. The molecule has 106 valence electrons. The summed E-state index contributed by atoms with van der Waals surface area (Å²) in [6.45, 7) is 5.20. The number of rotatable bonds is 6. The van der Waals surface area contributed by atoms with Gasteiger partial charge in [-0.1, -0.05) is 6.92 Å². The largest absolute Gasteiger partial charge is 0.493 e. The third-order valence-electron chi connectivity index (χ3n) is 2.64. The molecule has 0 aliphatic rings. The van der Waals surface area contributed by atoms with Gasteiger partial charge in [-0.05, 0) is 31.9 Å². The molecule has 0 radical (unpaired) electrons. The highest BCUT2D eigenvalue weighted by Crippen LogP contribution is 2.32. The van der Waals surface area contributed by atoms with E-state index < -0.39 is 17.7 Å². The molecule has 0 aromatic heterocycles. The number of carboxylic acid groups (broad SMARTS) is 1. The van der Waals surface area contributed by atoms with E-state index in [1.807, 2.05) is 13.8 Å². The summed E-state index contributed by atoms with van der Waals surface area (Å²) in [7, 11) is 1.46. The standard InChI is InChI=1S/C14H19FO4/c1-8(2)19-13-7-11(15)10(6-12(13)18-4)5-9(3)14(16)17/h6-9H,5H2,1-4H3,(H,16,17). The van der Waals surface area contributed by atoms with Crippen LogP contribution >= 0.6 is 0 Å². The topological polar surface area (TPSA) is 55.8 Å². The monoisotopic (exact) mass is 270 g/mol. The van der Waals surface area contributed by atoms with Crippen LogP contribution < -0.4 is 9.47 Å². The summed E-state index contributed by atoms with van der Waals surface area (Å²) in [5, 5.41) is 8.86. The zero-order valence-corrected chi connectivity index (χ0v) is 11.6. The third-order valence-corrected chi connectivity index (χ3v) is 2.64. The van der Waals surface area contributed by atoms with Gasteiger partial charge in [0.2, 0.25) is 0 Å². The molecule has 0 aliphatic heterocycles. The van der Waals surface area contributed by atoms with Crippen molar-refractivity contribution < 1.29 is 23.8 Å². The van der Waals surface area contributed by atoms with Crippen molar-refractivity contribution in [2.75, 3.05) is 7.11 Å². The highest BCUT2D eigenvalue weighted by Gasteiger charge is 2.18. The molecule has 1 rings (SSSR count). The fourth-order valence-electron chi connectivity index (χ4n) is 1.66. The maximum Gasteiger partial charge on any atom is 0.306 e. The highest BCUT2D eigenvalue weighted by atomic mass is 19.1. The molecule has 1 atom stereocenters. The molecule has 5 heteroatoms. The van der Waals surface area contributed by atoms with Crippen molar-refractivity contribution in [3.8, 4) is 11.5 Å². The van der Waals surface area contributed by atoms with Gasteiger partial charge in [0.1, 0.15) is 5.82 Å². The normalized spacial score (nSPS) is 12.3. The second-order valence-corrected chi connectivity index (χ2v) is 4.70. The minimum atomic E-state index is -0.958. The van der Waals surface area contributed by atoms with E-state index in [0.29, 0.717) is 17.1 Å². The van der Waals surface area contributed by atoms with Gasteiger partial charge in [0.05, 0.1) is 19.1 Å². The fourth-order valence-corrected chi connectivity index (χ4v) is 1.66. The highest BCUT2D eigenvalue weighted by molar-refractivity contribution is 5.70. The van der Waals surface area contributed by atoms with Crippen LogP contribution in [-0.4, -0.2) is 24.3 Å². The Labute approximate surface area is 112 Å². The first-order chi connectivity index (χ1) is 8.85. The molecule has 0 heterocycles. The van der Waals surface area contributed by atoms with Crippen LogP contribution in [0.1, 0.15) is 26.3 Å². The smallest absolute Gasteiger partial charge is 0.306 e. The van der Waals surface area contributed by atoms with Crippen molar-refractivity contribution in [3.05, 3.63) is 23.5 Å². The van der Waals surface area contributed by atoms with Crippen molar-refractivity contribution >= 4 is 5.97 Å². The first kappa shape index (κ1) is 15.3. The molecule has 0 amide bonds. The van der Waals surface area contributed by atoms with Gasteiger partial charge in [0.25, 0.3) is 0 Å². The molecule has 0 fully saturated rings. The van der Waals surface area contributed by atoms with Crippen molar-refractivity contribution in [1.29, 1.82) is 0 Å². The summed E-state index contributed by atoms with van der Waals surface area (Å²) >= 11 is 0. The van der Waals surface area contributed by atoms with Crippen LogP contribution in [-0.2, 0) is 11.2 Å². The average molecular weight is 270 g/mol. The molecule has 0 saturated heterocycles. The number of carbonyl (C=O) groups is 1. The lowest BCUT2D eigenvalue weighted by Gasteiger charge is -2.16. The van der Waals surface area contributed by atoms with E-state index in [2.05, 4.69) is 0 Å². The molecule has 1 N–H and O–H groups in total. The van der Waals surface area contributed by atoms with E-state index >= 15 is 0 Å². The van der Waals surface area contributed by atoms with E-state index in [4.69, 9.17) is 14.6 Å². The second kappa shape index (κ2) is 6.41. The Balaban J connectivity index is 3.05. The van der Waals surface area contributed by atoms with E-state index in [1.54, 1.807) is 0 Å². The molecule has 1 aromatic carbocycles. The first-order valence-electron chi connectivity index (χ1n) is 6.11. The van der Waals surface area contributed by atoms with Gasteiger partial charge in [-0.25, -0.2) is 4.39 Å². The van der Waals surface area contributed by atoms with Gasteiger partial charge >= 0.3 is 5.97 Å². The predicted molar refractivity (Wildman–Crippen MR) is 69.2 cm³/mol. The van der Waals surface area contributed by atoms with Gasteiger partial charge in [0.15, 0.2) is 11.5 Å². The predicted octanol–water partition coefficient (Wildman–Crippen LogP) is 2.88. The Morgan fingerprint density at radius 3 is 2.42 bits per heavy atom. The van der Waals surface area contributed by atoms with E-state index in [1.165, 1.54) is 26.2 Å². The maximum atomic E-state index is 13.9. The molecule has 1 unspecified atom stereocenters. The molecule has 0 aliphatic carbocycles. The number of carboxylic acids is 1. The van der Waals surface area contributed by atoms with Crippen LogP contribution in [0, 0.1) is 11.7 Å². The van der Waals surface area contributed by atoms with E-state index in [0.717, 1.165) is 0 Å². The van der Waals surface area contributed by atoms with Gasteiger partial charge in [-0.3, -0.25) is 4.79 Å². The molecule has 19 heavy (non-hydrogen) atoms.